The third-order valence-corrected chi connectivity index (χ3v) is 5.20. The topological polar surface area (TPSA) is 26.0 Å². The molecule has 1 fully saturated rings. The zero-order valence-electron chi connectivity index (χ0n) is 14.4. The Kier molecular flexibility index (Phi) is 5.38. The van der Waals surface area contributed by atoms with Gasteiger partial charge in [0.15, 0.2) is 0 Å². The van der Waals surface area contributed by atoms with Crippen molar-refractivity contribution < 1.29 is 0 Å². The van der Waals surface area contributed by atoms with Crippen LogP contribution >= 0.6 is 0 Å². The standard InChI is InChI=1S/C22H29N/c1-2-6-19-16-21(18-7-4-3-5-8-18)12-11-20(19)15-17-9-13-22(23)14-10-17/h9-14,16,18H,2-8,15,23H2,1H3. The molecule has 0 saturated heterocycles. The van der Waals surface area contributed by atoms with E-state index in [9.17, 15) is 0 Å². The molecular formula is C22H29N. The van der Waals surface area contributed by atoms with Crippen LogP contribution in [0.3, 0.4) is 0 Å². The van der Waals surface area contributed by atoms with Crippen LogP contribution in [0, 0.1) is 0 Å². The van der Waals surface area contributed by atoms with E-state index in [1.54, 1.807) is 11.1 Å². The van der Waals surface area contributed by atoms with Crippen molar-refractivity contribution in [2.75, 3.05) is 5.73 Å². The van der Waals surface area contributed by atoms with Crippen LogP contribution < -0.4 is 5.73 Å². The average molecular weight is 307 g/mol. The van der Waals surface area contributed by atoms with E-state index in [-0.39, 0.29) is 0 Å². The molecule has 0 heterocycles. The highest BCUT2D eigenvalue weighted by Crippen LogP contribution is 2.34. The Morgan fingerprint density at radius 1 is 0.913 bits per heavy atom. The summed E-state index contributed by atoms with van der Waals surface area (Å²) in [4.78, 5) is 0. The fourth-order valence-corrected chi connectivity index (χ4v) is 3.87. The molecule has 0 aromatic heterocycles. The zero-order valence-corrected chi connectivity index (χ0v) is 14.4. The molecule has 3 rings (SSSR count). The minimum Gasteiger partial charge on any atom is -0.399 e. The molecular weight excluding hydrogens is 278 g/mol. The van der Waals surface area contributed by atoms with E-state index < -0.39 is 0 Å². The predicted octanol–water partition coefficient (Wildman–Crippen LogP) is 5.86. The Bertz CT molecular complexity index is 621. The molecule has 1 aliphatic carbocycles. The number of hydrogen-bond acceptors (Lipinski definition) is 1. The van der Waals surface area contributed by atoms with Crippen molar-refractivity contribution in [1.82, 2.24) is 0 Å². The fourth-order valence-electron chi connectivity index (χ4n) is 3.87. The molecule has 0 amide bonds. The first-order valence-electron chi connectivity index (χ1n) is 9.22. The lowest BCUT2D eigenvalue weighted by Crippen LogP contribution is -2.06. The van der Waals surface area contributed by atoms with E-state index in [0.29, 0.717) is 0 Å². The maximum Gasteiger partial charge on any atom is 0.0314 e. The quantitative estimate of drug-likeness (QED) is 0.688. The van der Waals surface area contributed by atoms with Gasteiger partial charge in [0.25, 0.3) is 0 Å². The molecule has 1 saturated carbocycles. The van der Waals surface area contributed by atoms with Crippen molar-refractivity contribution in [3.63, 3.8) is 0 Å². The molecule has 23 heavy (non-hydrogen) atoms. The molecule has 0 unspecified atom stereocenters. The molecule has 122 valence electrons. The maximum absolute atomic E-state index is 5.80. The summed E-state index contributed by atoms with van der Waals surface area (Å²) in [5, 5.41) is 0. The first kappa shape index (κ1) is 16.1. The number of aryl methyl sites for hydroxylation is 1. The number of hydrogen-bond donors (Lipinski definition) is 1. The van der Waals surface area contributed by atoms with Gasteiger partial charge in [0, 0.05) is 5.69 Å². The number of anilines is 1. The SMILES string of the molecule is CCCc1cc(C2CCCCC2)ccc1Cc1ccc(N)cc1. The van der Waals surface area contributed by atoms with Gasteiger partial charge >= 0.3 is 0 Å². The summed E-state index contributed by atoms with van der Waals surface area (Å²) >= 11 is 0. The van der Waals surface area contributed by atoms with E-state index in [4.69, 9.17) is 5.73 Å². The second kappa shape index (κ2) is 7.68. The van der Waals surface area contributed by atoms with Gasteiger partial charge in [-0.3, -0.25) is 0 Å². The van der Waals surface area contributed by atoms with Crippen LogP contribution in [0.15, 0.2) is 42.5 Å². The molecule has 0 bridgehead atoms. The monoisotopic (exact) mass is 307 g/mol. The summed E-state index contributed by atoms with van der Waals surface area (Å²) in [7, 11) is 0. The molecule has 2 aromatic rings. The van der Waals surface area contributed by atoms with Gasteiger partial charge in [0.05, 0.1) is 0 Å². The van der Waals surface area contributed by atoms with Gasteiger partial charge in [-0.15, -0.1) is 0 Å². The van der Waals surface area contributed by atoms with Crippen molar-refractivity contribution in [3.8, 4) is 0 Å². The van der Waals surface area contributed by atoms with Gasteiger partial charge in [-0.25, -0.2) is 0 Å². The normalized spacial score (nSPS) is 15.7. The molecule has 0 atom stereocenters. The fraction of sp³-hybridized carbons (Fsp3) is 0.455. The molecule has 1 heteroatoms. The highest BCUT2D eigenvalue weighted by molar-refractivity contribution is 5.42. The lowest BCUT2D eigenvalue weighted by molar-refractivity contribution is 0.443. The molecule has 1 nitrogen and oxygen atoms in total. The first-order valence-corrected chi connectivity index (χ1v) is 9.22. The van der Waals surface area contributed by atoms with Crippen molar-refractivity contribution >= 4 is 5.69 Å². The highest BCUT2D eigenvalue weighted by Gasteiger charge is 2.16. The van der Waals surface area contributed by atoms with E-state index in [2.05, 4.69) is 37.3 Å². The van der Waals surface area contributed by atoms with Crippen LogP contribution in [0.5, 0.6) is 0 Å². The molecule has 0 radical (unpaired) electrons. The third kappa shape index (κ3) is 4.16. The largest absolute Gasteiger partial charge is 0.399 e. The lowest BCUT2D eigenvalue weighted by Gasteiger charge is -2.23. The summed E-state index contributed by atoms with van der Waals surface area (Å²) in [5.41, 5.74) is 12.6. The van der Waals surface area contributed by atoms with Crippen LogP contribution in [0.4, 0.5) is 5.69 Å². The minimum absolute atomic E-state index is 0.796. The van der Waals surface area contributed by atoms with Crippen molar-refractivity contribution in [1.29, 1.82) is 0 Å². The van der Waals surface area contributed by atoms with Crippen LogP contribution in [0.1, 0.15) is 73.6 Å². The number of nitrogen functional groups attached to an aromatic ring is 1. The second-order valence-corrected chi connectivity index (χ2v) is 7.03. The van der Waals surface area contributed by atoms with Gasteiger partial charge < -0.3 is 5.73 Å². The Labute approximate surface area is 140 Å². The molecule has 2 N–H and O–H groups in total. The van der Waals surface area contributed by atoms with Crippen LogP contribution in [0.25, 0.3) is 0 Å². The summed E-state index contributed by atoms with van der Waals surface area (Å²) in [5.74, 6) is 0.796. The number of benzene rings is 2. The van der Waals surface area contributed by atoms with Gasteiger partial charge in [0.1, 0.15) is 0 Å². The van der Waals surface area contributed by atoms with Gasteiger partial charge in [-0.2, -0.15) is 0 Å². The van der Waals surface area contributed by atoms with Crippen LogP contribution in [0.2, 0.25) is 0 Å². The van der Waals surface area contributed by atoms with Gasteiger partial charge in [-0.05, 0) is 66.0 Å². The summed E-state index contributed by atoms with van der Waals surface area (Å²) in [6.45, 7) is 2.28. The number of rotatable bonds is 5. The smallest absolute Gasteiger partial charge is 0.0314 e. The van der Waals surface area contributed by atoms with E-state index in [1.165, 1.54) is 56.1 Å². The lowest BCUT2D eigenvalue weighted by atomic mass is 9.82. The van der Waals surface area contributed by atoms with Crippen molar-refractivity contribution in [3.05, 3.63) is 64.7 Å². The maximum atomic E-state index is 5.80. The van der Waals surface area contributed by atoms with E-state index in [0.717, 1.165) is 18.0 Å². The van der Waals surface area contributed by atoms with E-state index in [1.807, 2.05) is 12.1 Å². The van der Waals surface area contributed by atoms with Gasteiger partial charge in [-0.1, -0.05) is 62.9 Å². The molecule has 0 spiro atoms. The van der Waals surface area contributed by atoms with E-state index >= 15 is 0 Å². The highest BCUT2D eigenvalue weighted by atomic mass is 14.5. The van der Waals surface area contributed by atoms with Crippen LogP contribution in [-0.4, -0.2) is 0 Å². The summed E-state index contributed by atoms with van der Waals surface area (Å²) < 4.78 is 0. The molecule has 1 aliphatic rings. The summed E-state index contributed by atoms with van der Waals surface area (Å²) in [6, 6.07) is 15.6. The van der Waals surface area contributed by atoms with Crippen molar-refractivity contribution in [2.45, 2.75) is 64.2 Å². The average Bonchev–Trinajstić information content (AvgIpc) is 2.59. The van der Waals surface area contributed by atoms with Crippen molar-refractivity contribution in [2.24, 2.45) is 0 Å². The zero-order chi connectivity index (χ0) is 16.1. The van der Waals surface area contributed by atoms with Crippen LogP contribution in [-0.2, 0) is 12.8 Å². The minimum atomic E-state index is 0.796. The second-order valence-electron chi connectivity index (χ2n) is 7.03. The Balaban J connectivity index is 1.82. The Morgan fingerprint density at radius 3 is 2.35 bits per heavy atom. The molecule has 2 aromatic carbocycles. The number of nitrogens with two attached hydrogens (primary N) is 1. The molecule has 0 aliphatic heterocycles. The van der Waals surface area contributed by atoms with Gasteiger partial charge in [0.2, 0.25) is 0 Å². The first-order chi connectivity index (χ1) is 11.3. The Morgan fingerprint density at radius 2 is 1.65 bits per heavy atom. The Hall–Kier alpha value is -1.76. The predicted molar refractivity (Wildman–Crippen MR) is 99.9 cm³/mol. The summed E-state index contributed by atoms with van der Waals surface area (Å²) in [6.07, 6.45) is 10.4. The third-order valence-electron chi connectivity index (χ3n) is 5.20.